The number of fused-ring (bicyclic) bond motifs is 2. The van der Waals surface area contributed by atoms with Gasteiger partial charge in [-0.1, -0.05) is 18.2 Å². The molecule has 0 amide bonds. The number of methoxy groups -OCH3 is 1. The zero-order valence-electron chi connectivity index (χ0n) is 13.1. The minimum atomic E-state index is -0.781. The third-order valence-corrected chi connectivity index (χ3v) is 4.38. The number of ether oxygens (including phenoxy) is 1. The molecule has 0 saturated heterocycles. The van der Waals surface area contributed by atoms with Crippen LogP contribution in [0.1, 0.15) is 22.9 Å². The maximum Gasteiger partial charge on any atom is 0.126 e. The smallest absolute Gasteiger partial charge is 0.126 e. The lowest BCUT2D eigenvalue weighted by atomic mass is 9.98. The molecule has 4 nitrogen and oxygen atoms in total. The van der Waals surface area contributed by atoms with Gasteiger partial charge in [-0.05, 0) is 42.1 Å². The van der Waals surface area contributed by atoms with Crippen molar-refractivity contribution in [1.82, 2.24) is 9.97 Å². The van der Waals surface area contributed by atoms with Crippen LogP contribution in [-0.4, -0.2) is 22.2 Å². The van der Waals surface area contributed by atoms with Gasteiger partial charge in [0.05, 0.1) is 7.11 Å². The molecule has 4 heteroatoms. The number of aliphatic hydroxyl groups is 1. The Morgan fingerprint density at radius 1 is 1.13 bits per heavy atom. The van der Waals surface area contributed by atoms with Crippen molar-refractivity contribution in [3.63, 3.8) is 0 Å². The van der Waals surface area contributed by atoms with Crippen molar-refractivity contribution in [3.05, 3.63) is 65.5 Å². The van der Waals surface area contributed by atoms with Crippen molar-refractivity contribution >= 4 is 21.8 Å². The molecular weight excluding hydrogens is 288 g/mol. The van der Waals surface area contributed by atoms with E-state index in [1.165, 1.54) is 0 Å². The molecule has 3 N–H and O–H groups in total. The minimum Gasteiger partial charge on any atom is -0.496 e. The van der Waals surface area contributed by atoms with Crippen LogP contribution in [0, 0.1) is 6.92 Å². The molecule has 4 rings (SSSR count). The van der Waals surface area contributed by atoms with Gasteiger partial charge in [0.15, 0.2) is 0 Å². The van der Waals surface area contributed by atoms with Crippen LogP contribution in [-0.2, 0) is 0 Å². The molecule has 1 unspecified atom stereocenters. The van der Waals surface area contributed by atoms with E-state index < -0.39 is 6.10 Å². The molecular formula is C19H18N2O2. The normalized spacial score (nSPS) is 12.8. The fourth-order valence-corrected chi connectivity index (χ4v) is 3.25. The number of H-pyrrole nitrogens is 2. The van der Waals surface area contributed by atoms with Gasteiger partial charge >= 0.3 is 0 Å². The number of rotatable bonds is 3. The molecule has 1 atom stereocenters. The van der Waals surface area contributed by atoms with E-state index in [0.717, 1.165) is 38.6 Å². The van der Waals surface area contributed by atoms with Gasteiger partial charge in [-0.2, -0.15) is 0 Å². The number of aryl methyl sites for hydroxylation is 1. The summed E-state index contributed by atoms with van der Waals surface area (Å²) in [6.07, 6.45) is 1.11. The second kappa shape index (κ2) is 5.18. The third-order valence-electron chi connectivity index (χ3n) is 4.38. The van der Waals surface area contributed by atoms with Crippen LogP contribution < -0.4 is 4.74 Å². The predicted octanol–water partition coefficient (Wildman–Crippen LogP) is 4.05. The average Bonchev–Trinajstić information content (AvgIpc) is 3.20. The molecule has 0 aliphatic heterocycles. The number of hydrogen-bond donors (Lipinski definition) is 3. The monoisotopic (exact) mass is 306 g/mol. The standard InChI is InChI=1S/C19H18N2O2/c1-11-9-16(23-2)17(13-7-8-20-18(11)13)19(22)15-10-12-5-3-4-6-14(12)21-15/h3-10,19-22H,1-2H3. The first-order chi connectivity index (χ1) is 11.2. The second-order valence-electron chi connectivity index (χ2n) is 5.79. The van der Waals surface area contributed by atoms with Crippen molar-refractivity contribution in [2.45, 2.75) is 13.0 Å². The highest BCUT2D eigenvalue weighted by molar-refractivity contribution is 5.89. The molecule has 0 radical (unpaired) electrons. The molecule has 23 heavy (non-hydrogen) atoms. The lowest BCUT2D eigenvalue weighted by molar-refractivity contribution is 0.212. The number of benzene rings is 2. The van der Waals surface area contributed by atoms with Crippen molar-refractivity contribution in [2.75, 3.05) is 7.11 Å². The Kier molecular flexibility index (Phi) is 3.13. The van der Waals surface area contributed by atoms with Crippen molar-refractivity contribution in [3.8, 4) is 5.75 Å². The summed E-state index contributed by atoms with van der Waals surface area (Å²) in [4.78, 5) is 6.54. The lowest BCUT2D eigenvalue weighted by Crippen LogP contribution is -2.04. The molecule has 0 spiro atoms. The average molecular weight is 306 g/mol. The largest absolute Gasteiger partial charge is 0.496 e. The lowest BCUT2D eigenvalue weighted by Gasteiger charge is -2.16. The van der Waals surface area contributed by atoms with Crippen molar-refractivity contribution < 1.29 is 9.84 Å². The molecule has 2 aromatic carbocycles. The van der Waals surface area contributed by atoms with Gasteiger partial charge < -0.3 is 19.8 Å². The van der Waals surface area contributed by atoms with Crippen LogP contribution in [0.25, 0.3) is 21.8 Å². The van der Waals surface area contributed by atoms with Crippen LogP contribution >= 0.6 is 0 Å². The Hall–Kier alpha value is -2.72. The van der Waals surface area contributed by atoms with Crippen LogP contribution in [0.2, 0.25) is 0 Å². The molecule has 0 fully saturated rings. The fraction of sp³-hybridized carbons (Fsp3) is 0.158. The highest BCUT2D eigenvalue weighted by atomic mass is 16.5. The quantitative estimate of drug-likeness (QED) is 0.535. The molecule has 4 aromatic rings. The zero-order valence-corrected chi connectivity index (χ0v) is 13.1. The Bertz CT molecular complexity index is 964. The summed E-state index contributed by atoms with van der Waals surface area (Å²) < 4.78 is 5.53. The molecule has 2 heterocycles. The topological polar surface area (TPSA) is 61.0 Å². The van der Waals surface area contributed by atoms with Gasteiger partial charge in [0, 0.05) is 33.9 Å². The summed E-state index contributed by atoms with van der Waals surface area (Å²) in [5, 5.41) is 13.0. The van der Waals surface area contributed by atoms with E-state index in [4.69, 9.17) is 4.74 Å². The van der Waals surface area contributed by atoms with Crippen molar-refractivity contribution in [1.29, 1.82) is 0 Å². The Labute approximate surface area is 133 Å². The summed E-state index contributed by atoms with van der Waals surface area (Å²) in [5.41, 5.74) is 4.67. The Morgan fingerprint density at radius 3 is 2.74 bits per heavy atom. The van der Waals surface area contributed by atoms with Gasteiger partial charge in [-0.25, -0.2) is 0 Å². The van der Waals surface area contributed by atoms with Crippen LogP contribution in [0.5, 0.6) is 5.75 Å². The van der Waals surface area contributed by atoms with E-state index >= 15 is 0 Å². The van der Waals surface area contributed by atoms with Gasteiger partial charge in [0.1, 0.15) is 11.9 Å². The maximum absolute atomic E-state index is 11.0. The van der Waals surface area contributed by atoms with Gasteiger partial charge in [-0.15, -0.1) is 0 Å². The molecule has 0 saturated carbocycles. The van der Waals surface area contributed by atoms with Gasteiger partial charge in [-0.3, -0.25) is 0 Å². The van der Waals surface area contributed by atoms with E-state index in [0.29, 0.717) is 5.75 Å². The van der Waals surface area contributed by atoms with E-state index in [1.807, 2.05) is 55.6 Å². The number of aliphatic hydroxyl groups excluding tert-OH is 1. The number of nitrogens with one attached hydrogen (secondary N) is 2. The summed E-state index contributed by atoms with van der Waals surface area (Å²) in [6.45, 7) is 2.03. The Balaban J connectivity index is 1.93. The molecule has 0 aliphatic rings. The van der Waals surface area contributed by atoms with E-state index in [2.05, 4.69) is 9.97 Å². The van der Waals surface area contributed by atoms with E-state index in [-0.39, 0.29) is 0 Å². The Morgan fingerprint density at radius 2 is 1.96 bits per heavy atom. The minimum absolute atomic E-state index is 0.695. The van der Waals surface area contributed by atoms with Gasteiger partial charge in [0.2, 0.25) is 0 Å². The van der Waals surface area contributed by atoms with E-state index in [1.54, 1.807) is 7.11 Å². The summed E-state index contributed by atoms with van der Waals surface area (Å²) >= 11 is 0. The summed E-state index contributed by atoms with van der Waals surface area (Å²) in [7, 11) is 1.63. The zero-order chi connectivity index (χ0) is 16.0. The number of aromatic amines is 2. The van der Waals surface area contributed by atoms with Crippen LogP contribution in [0.4, 0.5) is 0 Å². The number of aromatic nitrogens is 2. The molecule has 2 aromatic heterocycles. The highest BCUT2D eigenvalue weighted by Crippen LogP contribution is 2.38. The van der Waals surface area contributed by atoms with Crippen molar-refractivity contribution in [2.24, 2.45) is 0 Å². The predicted molar refractivity (Wildman–Crippen MR) is 91.9 cm³/mol. The third kappa shape index (κ3) is 2.11. The fourth-order valence-electron chi connectivity index (χ4n) is 3.25. The highest BCUT2D eigenvalue weighted by Gasteiger charge is 2.22. The molecule has 0 aliphatic carbocycles. The second-order valence-corrected chi connectivity index (χ2v) is 5.79. The summed E-state index contributed by atoms with van der Waals surface area (Å²) in [6, 6.07) is 13.9. The summed E-state index contributed by atoms with van der Waals surface area (Å²) in [5.74, 6) is 0.695. The van der Waals surface area contributed by atoms with Gasteiger partial charge in [0.25, 0.3) is 0 Å². The molecule has 116 valence electrons. The number of para-hydroxylation sites is 1. The first-order valence-corrected chi connectivity index (χ1v) is 7.59. The maximum atomic E-state index is 11.0. The first kappa shape index (κ1) is 13.9. The molecule has 0 bridgehead atoms. The van der Waals surface area contributed by atoms with E-state index in [9.17, 15) is 5.11 Å². The first-order valence-electron chi connectivity index (χ1n) is 7.59. The number of hydrogen-bond acceptors (Lipinski definition) is 2. The van der Waals surface area contributed by atoms with Crippen LogP contribution in [0.15, 0.2) is 48.7 Å². The van der Waals surface area contributed by atoms with Crippen LogP contribution in [0.3, 0.4) is 0 Å². The SMILES string of the molecule is COc1cc(C)c2[nH]ccc2c1C(O)c1cc2ccccc2[nH]1.